The lowest BCUT2D eigenvalue weighted by molar-refractivity contribution is 0.173. The Morgan fingerprint density at radius 2 is 2.22 bits per heavy atom. The number of hydrogen-bond acceptors (Lipinski definition) is 6. The third-order valence-corrected chi connectivity index (χ3v) is 3.99. The number of piperidine rings is 1. The van der Waals surface area contributed by atoms with Gasteiger partial charge in [-0.1, -0.05) is 23.4 Å². The predicted molar refractivity (Wildman–Crippen MR) is 87.3 cm³/mol. The summed E-state index contributed by atoms with van der Waals surface area (Å²) in [5.41, 5.74) is 0. The maximum atomic E-state index is 5.71. The van der Waals surface area contributed by atoms with E-state index in [4.69, 9.17) is 9.26 Å². The molecule has 1 atom stereocenters. The van der Waals surface area contributed by atoms with Gasteiger partial charge in [-0.2, -0.15) is 4.98 Å². The van der Waals surface area contributed by atoms with Crippen molar-refractivity contribution in [2.45, 2.75) is 32.4 Å². The lowest BCUT2D eigenvalue weighted by Crippen LogP contribution is -2.46. The second-order valence-corrected chi connectivity index (χ2v) is 5.92. The first-order valence-electron chi connectivity index (χ1n) is 8.22. The van der Waals surface area contributed by atoms with Gasteiger partial charge >= 0.3 is 0 Å². The van der Waals surface area contributed by atoms with Crippen LogP contribution in [-0.4, -0.2) is 47.3 Å². The Labute approximate surface area is 136 Å². The fourth-order valence-corrected chi connectivity index (χ4v) is 2.92. The highest BCUT2D eigenvalue weighted by molar-refractivity contribution is 5.20. The number of rotatable bonds is 7. The summed E-state index contributed by atoms with van der Waals surface area (Å²) in [6.45, 7) is 6.23. The van der Waals surface area contributed by atoms with Crippen molar-refractivity contribution in [3.63, 3.8) is 0 Å². The molecule has 2 heterocycles. The Kier molecular flexibility index (Phi) is 5.60. The van der Waals surface area contributed by atoms with E-state index in [1.54, 1.807) is 0 Å². The van der Waals surface area contributed by atoms with Crippen LogP contribution in [-0.2, 0) is 6.54 Å². The van der Waals surface area contributed by atoms with E-state index in [1.807, 2.05) is 37.3 Å². The third kappa shape index (κ3) is 5.04. The van der Waals surface area contributed by atoms with Gasteiger partial charge in [0.05, 0.1) is 6.54 Å². The molecule has 1 fully saturated rings. The van der Waals surface area contributed by atoms with Crippen molar-refractivity contribution in [2.75, 3.05) is 26.2 Å². The minimum Gasteiger partial charge on any atom is -0.492 e. The lowest BCUT2D eigenvalue weighted by atomic mass is 10.1. The topological polar surface area (TPSA) is 63.4 Å². The number of benzene rings is 1. The smallest absolute Gasteiger partial charge is 0.223 e. The van der Waals surface area contributed by atoms with Crippen LogP contribution in [0, 0.1) is 6.92 Å². The number of likely N-dealkylation sites (tertiary alicyclic amines) is 1. The van der Waals surface area contributed by atoms with Crippen molar-refractivity contribution in [3.05, 3.63) is 42.0 Å². The first kappa shape index (κ1) is 16.0. The van der Waals surface area contributed by atoms with Crippen LogP contribution in [0.1, 0.15) is 24.6 Å². The van der Waals surface area contributed by atoms with E-state index in [0.717, 1.165) is 37.8 Å². The summed E-state index contributed by atoms with van der Waals surface area (Å²) >= 11 is 0. The minimum absolute atomic E-state index is 0.496. The summed E-state index contributed by atoms with van der Waals surface area (Å²) in [5, 5.41) is 7.56. The Morgan fingerprint density at radius 1 is 1.35 bits per heavy atom. The molecule has 1 saturated heterocycles. The molecule has 0 bridgehead atoms. The molecule has 6 nitrogen and oxygen atoms in total. The van der Waals surface area contributed by atoms with Gasteiger partial charge in [0.15, 0.2) is 5.82 Å². The van der Waals surface area contributed by atoms with Crippen LogP contribution in [0.25, 0.3) is 0 Å². The fraction of sp³-hybridized carbons (Fsp3) is 0.529. The van der Waals surface area contributed by atoms with E-state index in [1.165, 1.54) is 12.8 Å². The molecule has 2 aromatic rings. The van der Waals surface area contributed by atoms with Crippen molar-refractivity contribution in [2.24, 2.45) is 0 Å². The summed E-state index contributed by atoms with van der Waals surface area (Å²) < 4.78 is 10.7. The monoisotopic (exact) mass is 316 g/mol. The molecule has 0 spiro atoms. The highest BCUT2D eigenvalue weighted by Gasteiger charge is 2.20. The van der Waals surface area contributed by atoms with E-state index in [0.29, 0.717) is 18.5 Å². The molecule has 0 saturated carbocycles. The van der Waals surface area contributed by atoms with E-state index >= 15 is 0 Å². The molecule has 3 rings (SSSR count). The zero-order chi connectivity index (χ0) is 15.9. The number of para-hydroxylation sites is 1. The van der Waals surface area contributed by atoms with Gasteiger partial charge < -0.3 is 14.6 Å². The molecule has 1 aromatic carbocycles. The number of ether oxygens (including phenoxy) is 1. The zero-order valence-electron chi connectivity index (χ0n) is 13.6. The highest BCUT2D eigenvalue weighted by atomic mass is 16.5. The van der Waals surface area contributed by atoms with Gasteiger partial charge in [-0.3, -0.25) is 4.90 Å². The maximum Gasteiger partial charge on any atom is 0.223 e. The fourth-order valence-electron chi connectivity index (χ4n) is 2.92. The predicted octanol–water partition coefficient (Wildman–Crippen LogP) is 2.01. The first-order valence-corrected chi connectivity index (χ1v) is 8.22. The summed E-state index contributed by atoms with van der Waals surface area (Å²) in [4.78, 5) is 6.66. The molecule has 23 heavy (non-hydrogen) atoms. The molecular weight excluding hydrogens is 292 g/mol. The van der Waals surface area contributed by atoms with Crippen molar-refractivity contribution < 1.29 is 9.26 Å². The lowest BCUT2D eigenvalue weighted by Gasteiger charge is -2.32. The van der Waals surface area contributed by atoms with Crippen LogP contribution in [0.2, 0.25) is 0 Å². The van der Waals surface area contributed by atoms with Gasteiger partial charge in [-0.25, -0.2) is 0 Å². The van der Waals surface area contributed by atoms with Crippen LogP contribution in [0.15, 0.2) is 34.9 Å². The normalized spacial score (nSPS) is 18.9. The number of aryl methyl sites for hydroxylation is 1. The average molecular weight is 316 g/mol. The van der Waals surface area contributed by atoms with Gasteiger partial charge in [0.2, 0.25) is 5.89 Å². The first-order chi connectivity index (χ1) is 11.3. The molecule has 6 heteroatoms. The largest absolute Gasteiger partial charge is 0.492 e. The molecule has 0 radical (unpaired) electrons. The molecule has 1 aromatic heterocycles. The van der Waals surface area contributed by atoms with Crippen LogP contribution < -0.4 is 10.1 Å². The van der Waals surface area contributed by atoms with E-state index in [9.17, 15) is 0 Å². The van der Waals surface area contributed by atoms with Crippen LogP contribution in [0.3, 0.4) is 0 Å². The zero-order valence-corrected chi connectivity index (χ0v) is 13.6. The van der Waals surface area contributed by atoms with Crippen molar-refractivity contribution in [3.8, 4) is 5.75 Å². The molecule has 1 unspecified atom stereocenters. The van der Waals surface area contributed by atoms with Crippen LogP contribution >= 0.6 is 0 Å². The summed E-state index contributed by atoms with van der Waals surface area (Å²) in [6, 6.07) is 10.4. The Morgan fingerprint density at radius 3 is 3.00 bits per heavy atom. The minimum atomic E-state index is 0.496. The van der Waals surface area contributed by atoms with Gasteiger partial charge in [0.25, 0.3) is 0 Å². The highest BCUT2D eigenvalue weighted by Crippen LogP contribution is 2.13. The van der Waals surface area contributed by atoms with Gasteiger partial charge in [-0.15, -0.1) is 0 Å². The molecule has 0 amide bonds. The van der Waals surface area contributed by atoms with Crippen molar-refractivity contribution in [1.82, 2.24) is 20.4 Å². The second kappa shape index (κ2) is 8.08. The third-order valence-electron chi connectivity index (χ3n) is 3.99. The standard InChI is InChI=1S/C17H24N4O2/c1-14-19-17(20-23-14)13-21-10-5-6-15(12-21)18-9-11-22-16-7-3-2-4-8-16/h2-4,7-8,15,18H,5-6,9-13H2,1H3. The maximum absolute atomic E-state index is 5.71. The van der Waals surface area contributed by atoms with Crippen molar-refractivity contribution in [1.29, 1.82) is 0 Å². The van der Waals surface area contributed by atoms with Crippen LogP contribution in [0.4, 0.5) is 0 Å². The SMILES string of the molecule is Cc1nc(CN2CCCC(NCCOc3ccccc3)C2)no1. The molecular formula is C17H24N4O2. The summed E-state index contributed by atoms with van der Waals surface area (Å²) in [6.07, 6.45) is 2.39. The molecule has 1 N–H and O–H groups in total. The Bertz CT molecular complexity index is 587. The Hall–Kier alpha value is -1.92. The second-order valence-electron chi connectivity index (χ2n) is 5.92. The average Bonchev–Trinajstić information content (AvgIpc) is 2.98. The van der Waals surface area contributed by atoms with E-state index < -0.39 is 0 Å². The van der Waals surface area contributed by atoms with Gasteiger partial charge in [0, 0.05) is 26.1 Å². The molecule has 1 aliphatic rings. The molecule has 124 valence electrons. The van der Waals surface area contributed by atoms with Gasteiger partial charge in [-0.05, 0) is 31.5 Å². The van der Waals surface area contributed by atoms with Crippen molar-refractivity contribution >= 4 is 0 Å². The number of nitrogens with one attached hydrogen (secondary N) is 1. The van der Waals surface area contributed by atoms with Crippen LogP contribution in [0.5, 0.6) is 5.75 Å². The summed E-state index contributed by atoms with van der Waals surface area (Å²) in [5.74, 6) is 2.33. The summed E-state index contributed by atoms with van der Waals surface area (Å²) in [7, 11) is 0. The number of nitrogens with zero attached hydrogens (tertiary/aromatic N) is 3. The van der Waals surface area contributed by atoms with E-state index in [2.05, 4.69) is 20.4 Å². The molecule has 1 aliphatic heterocycles. The number of aromatic nitrogens is 2. The number of hydrogen-bond donors (Lipinski definition) is 1. The van der Waals surface area contributed by atoms with E-state index in [-0.39, 0.29) is 0 Å². The Balaban J connectivity index is 1.37. The quantitative estimate of drug-likeness (QED) is 0.789. The van der Waals surface area contributed by atoms with Gasteiger partial charge in [0.1, 0.15) is 12.4 Å². The molecule has 0 aliphatic carbocycles.